The number of carbonyl (C=O) groups excluding carboxylic acids is 1. The van der Waals surface area contributed by atoms with Gasteiger partial charge in [0.05, 0.1) is 13.7 Å². The van der Waals surface area contributed by atoms with E-state index in [1.54, 1.807) is 14.0 Å². The first-order valence-corrected chi connectivity index (χ1v) is 11.5. The maximum absolute atomic E-state index is 13.2. The van der Waals surface area contributed by atoms with Crippen LogP contribution in [0.4, 0.5) is 10.1 Å². The molecule has 4 nitrogen and oxygen atoms in total. The second kappa shape index (κ2) is 10.6. The lowest BCUT2D eigenvalue weighted by Crippen LogP contribution is -2.33. The zero-order valence-corrected chi connectivity index (χ0v) is 19.3. The molecule has 0 saturated carbocycles. The number of rotatable bonds is 7. The van der Waals surface area contributed by atoms with Crippen LogP contribution in [0.3, 0.4) is 0 Å². The first-order chi connectivity index (χ1) is 16.0. The van der Waals surface area contributed by atoms with Crippen molar-refractivity contribution in [3.05, 3.63) is 95.3 Å². The molecule has 172 valence electrons. The number of nitrogens with zero attached hydrogens (tertiary/aromatic N) is 2. The standard InChI is InChI=1S/C28H31FN2O2/c1-21(32)31(26-7-5-8-27(18-26)33-2)20-24-6-3-4-9-28(24)23-14-16-30(17-15-23)19-22-10-12-25(29)13-11-22/h3-13,18,23H,14-17,19-20H2,1-2H3. The second-order valence-corrected chi connectivity index (χ2v) is 8.68. The van der Waals surface area contributed by atoms with Gasteiger partial charge in [-0.05, 0) is 72.8 Å². The van der Waals surface area contributed by atoms with Crippen molar-refractivity contribution in [2.24, 2.45) is 0 Å². The number of benzene rings is 3. The van der Waals surface area contributed by atoms with E-state index >= 15 is 0 Å². The van der Waals surface area contributed by atoms with Crippen LogP contribution in [0.2, 0.25) is 0 Å². The number of likely N-dealkylation sites (tertiary alicyclic amines) is 1. The molecule has 1 amide bonds. The molecule has 1 aliphatic rings. The highest BCUT2D eigenvalue weighted by molar-refractivity contribution is 5.91. The fraction of sp³-hybridized carbons (Fsp3) is 0.321. The number of halogens is 1. The fourth-order valence-electron chi connectivity index (χ4n) is 4.66. The van der Waals surface area contributed by atoms with Gasteiger partial charge in [0.1, 0.15) is 11.6 Å². The average Bonchev–Trinajstić information content (AvgIpc) is 2.84. The first kappa shape index (κ1) is 23.0. The van der Waals surface area contributed by atoms with E-state index in [4.69, 9.17) is 4.74 Å². The van der Waals surface area contributed by atoms with Gasteiger partial charge in [0.2, 0.25) is 5.91 Å². The Morgan fingerprint density at radius 3 is 2.45 bits per heavy atom. The Hall–Kier alpha value is -3.18. The van der Waals surface area contributed by atoms with E-state index in [9.17, 15) is 9.18 Å². The molecule has 0 radical (unpaired) electrons. The molecule has 4 rings (SSSR count). The van der Waals surface area contributed by atoms with Crippen LogP contribution in [0.25, 0.3) is 0 Å². The van der Waals surface area contributed by atoms with E-state index in [2.05, 4.69) is 23.1 Å². The maximum Gasteiger partial charge on any atom is 0.224 e. The molecular weight excluding hydrogens is 415 g/mol. The zero-order chi connectivity index (χ0) is 23.2. The normalized spacial score (nSPS) is 14.8. The summed E-state index contributed by atoms with van der Waals surface area (Å²) in [4.78, 5) is 16.8. The third-order valence-corrected chi connectivity index (χ3v) is 6.48. The topological polar surface area (TPSA) is 32.8 Å². The summed E-state index contributed by atoms with van der Waals surface area (Å²) in [6, 6.07) is 22.9. The number of hydrogen-bond donors (Lipinski definition) is 0. The number of hydrogen-bond acceptors (Lipinski definition) is 3. The van der Waals surface area contributed by atoms with Gasteiger partial charge in [-0.3, -0.25) is 9.69 Å². The van der Waals surface area contributed by atoms with Crippen molar-refractivity contribution in [2.45, 2.75) is 38.8 Å². The smallest absolute Gasteiger partial charge is 0.224 e. The Labute approximate surface area is 195 Å². The summed E-state index contributed by atoms with van der Waals surface area (Å²) in [6.07, 6.45) is 2.13. The van der Waals surface area contributed by atoms with Crippen LogP contribution < -0.4 is 9.64 Å². The number of piperidine rings is 1. The Balaban J connectivity index is 1.46. The van der Waals surface area contributed by atoms with E-state index in [0.717, 1.165) is 49.5 Å². The quantitative estimate of drug-likeness (QED) is 0.462. The van der Waals surface area contributed by atoms with Crippen molar-refractivity contribution >= 4 is 11.6 Å². The third-order valence-electron chi connectivity index (χ3n) is 6.48. The maximum atomic E-state index is 13.2. The molecule has 0 bridgehead atoms. The van der Waals surface area contributed by atoms with Crippen molar-refractivity contribution in [2.75, 3.05) is 25.1 Å². The number of carbonyl (C=O) groups is 1. The predicted octanol–water partition coefficient (Wildman–Crippen LogP) is 5.77. The first-order valence-electron chi connectivity index (χ1n) is 11.5. The second-order valence-electron chi connectivity index (χ2n) is 8.68. The van der Waals surface area contributed by atoms with Gasteiger partial charge in [0.25, 0.3) is 0 Å². The molecule has 0 N–H and O–H groups in total. The fourth-order valence-corrected chi connectivity index (χ4v) is 4.66. The minimum atomic E-state index is -0.192. The number of ether oxygens (including phenoxy) is 1. The van der Waals surface area contributed by atoms with Gasteiger partial charge in [0.15, 0.2) is 0 Å². The highest BCUT2D eigenvalue weighted by atomic mass is 19.1. The lowest BCUT2D eigenvalue weighted by molar-refractivity contribution is -0.116. The van der Waals surface area contributed by atoms with Crippen LogP contribution in [0, 0.1) is 5.82 Å². The molecular formula is C28H31FN2O2. The van der Waals surface area contributed by atoms with Crippen molar-refractivity contribution in [3.8, 4) is 5.75 Å². The lowest BCUT2D eigenvalue weighted by atomic mass is 9.86. The van der Waals surface area contributed by atoms with Gasteiger partial charge in [-0.15, -0.1) is 0 Å². The minimum Gasteiger partial charge on any atom is -0.497 e. The van der Waals surface area contributed by atoms with Gasteiger partial charge in [-0.1, -0.05) is 42.5 Å². The van der Waals surface area contributed by atoms with Crippen LogP contribution in [0.5, 0.6) is 5.75 Å². The molecule has 1 heterocycles. The molecule has 3 aromatic rings. The summed E-state index contributed by atoms with van der Waals surface area (Å²) in [5.41, 5.74) is 4.50. The van der Waals surface area contributed by atoms with Crippen LogP contribution in [0.15, 0.2) is 72.8 Å². The van der Waals surface area contributed by atoms with Crippen LogP contribution in [-0.4, -0.2) is 31.0 Å². The van der Waals surface area contributed by atoms with Crippen molar-refractivity contribution in [1.82, 2.24) is 4.90 Å². The van der Waals surface area contributed by atoms with Crippen LogP contribution >= 0.6 is 0 Å². The molecule has 0 aliphatic carbocycles. The zero-order valence-electron chi connectivity index (χ0n) is 19.3. The summed E-state index contributed by atoms with van der Waals surface area (Å²) in [6.45, 7) is 5.00. The van der Waals surface area contributed by atoms with Crippen molar-refractivity contribution in [1.29, 1.82) is 0 Å². The van der Waals surface area contributed by atoms with E-state index in [1.165, 1.54) is 23.3 Å². The summed E-state index contributed by atoms with van der Waals surface area (Å²) in [5.74, 6) is 1.01. The van der Waals surface area contributed by atoms with E-state index in [-0.39, 0.29) is 11.7 Å². The van der Waals surface area contributed by atoms with E-state index in [0.29, 0.717) is 12.5 Å². The van der Waals surface area contributed by atoms with Gasteiger partial charge in [-0.2, -0.15) is 0 Å². The molecule has 1 fully saturated rings. The Kier molecular flexibility index (Phi) is 7.40. The molecule has 5 heteroatoms. The molecule has 0 unspecified atom stereocenters. The van der Waals surface area contributed by atoms with E-state index < -0.39 is 0 Å². The predicted molar refractivity (Wildman–Crippen MR) is 130 cm³/mol. The van der Waals surface area contributed by atoms with Gasteiger partial charge < -0.3 is 9.64 Å². The molecule has 0 atom stereocenters. The summed E-state index contributed by atoms with van der Waals surface area (Å²) < 4.78 is 18.5. The summed E-state index contributed by atoms with van der Waals surface area (Å²) in [7, 11) is 1.63. The molecule has 3 aromatic carbocycles. The number of anilines is 1. The molecule has 0 spiro atoms. The van der Waals surface area contributed by atoms with Crippen molar-refractivity contribution in [3.63, 3.8) is 0 Å². The summed E-state index contributed by atoms with van der Waals surface area (Å²) >= 11 is 0. The van der Waals surface area contributed by atoms with E-state index in [1.807, 2.05) is 47.4 Å². The van der Waals surface area contributed by atoms with Crippen molar-refractivity contribution < 1.29 is 13.9 Å². The third kappa shape index (κ3) is 5.79. The molecule has 33 heavy (non-hydrogen) atoms. The Bertz CT molecular complexity index is 1080. The highest BCUT2D eigenvalue weighted by Crippen LogP contribution is 2.32. The minimum absolute atomic E-state index is 0.00664. The Morgan fingerprint density at radius 2 is 1.76 bits per heavy atom. The largest absolute Gasteiger partial charge is 0.497 e. The van der Waals surface area contributed by atoms with Gasteiger partial charge in [0, 0.05) is 25.2 Å². The molecule has 0 aromatic heterocycles. The Morgan fingerprint density at radius 1 is 1.03 bits per heavy atom. The molecule has 1 aliphatic heterocycles. The van der Waals surface area contributed by atoms with Gasteiger partial charge >= 0.3 is 0 Å². The van der Waals surface area contributed by atoms with Gasteiger partial charge in [-0.25, -0.2) is 4.39 Å². The number of amides is 1. The molecule has 1 saturated heterocycles. The van der Waals surface area contributed by atoms with Crippen LogP contribution in [-0.2, 0) is 17.9 Å². The summed E-state index contributed by atoms with van der Waals surface area (Å²) in [5, 5.41) is 0. The lowest BCUT2D eigenvalue weighted by Gasteiger charge is -2.33. The monoisotopic (exact) mass is 446 g/mol. The highest BCUT2D eigenvalue weighted by Gasteiger charge is 2.24. The number of methoxy groups -OCH3 is 1. The SMILES string of the molecule is COc1cccc(N(Cc2ccccc2C2CCN(Cc3ccc(F)cc3)CC2)C(C)=O)c1. The van der Waals surface area contributed by atoms with Crippen LogP contribution in [0.1, 0.15) is 42.4 Å². The average molecular weight is 447 g/mol.